The highest BCUT2D eigenvalue weighted by atomic mass is 16.5. The number of aromatic nitrogens is 2. The third-order valence-electron chi connectivity index (χ3n) is 4.00. The van der Waals surface area contributed by atoms with Crippen LogP contribution in [0.4, 0.5) is 5.95 Å². The van der Waals surface area contributed by atoms with Crippen LogP contribution in [0.15, 0.2) is 6.20 Å². The van der Waals surface area contributed by atoms with Crippen LogP contribution in [-0.2, 0) is 4.74 Å². The molecule has 0 spiro atoms. The number of nitrogens with zero attached hydrogens (tertiary/aromatic N) is 2. The van der Waals surface area contributed by atoms with Gasteiger partial charge in [-0.05, 0) is 38.0 Å². The number of aryl methyl sites for hydroxylation is 1. The summed E-state index contributed by atoms with van der Waals surface area (Å²) >= 11 is 0. The molecular formula is C15H27N3O. The number of imidazole rings is 1. The molecule has 0 bridgehead atoms. The van der Waals surface area contributed by atoms with Crippen molar-refractivity contribution in [3.63, 3.8) is 0 Å². The van der Waals surface area contributed by atoms with Crippen LogP contribution in [0.25, 0.3) is 0 Å². The lowest BCUT2D eigenvalue weighted by Gasteiger charge is -2.19. The first-order valence-electron chi connectivity index (χ1n) is 7.30. The molecular weight excluding hydrogens is 238 g/mol. The van der Waals surface area contributed by atoms with E-state index in [1.807, 2.05) is 0 Å². The number of anilines is 1. The number of rotatable bonds is 6. The molecule has 1 unspecified atom stereocenters. The van der Waals surface area contributed by atoms with Gasteiger partial charge in [0, 0.05) is 32.5 Å². The lowest BCUT2D eigenvalue weighted by atomic mass is 9.92. The first-order chi connectivity index (χ1) is 9.02. The van der Waals surface area contributed by atoms with Gasteiger partial charge in [-0.3, -0.25) is 0 Å². The van der Waals surface area contributed by atoms with Crippen LogP contribution >= 0.6 is 0 Å². The summed E-state index contributed by atoms with van der Waals surface area (Å²) in [6, 6.07) is 0.598. The summed E-state index contributed by atoms with van der Waals surface area (Å²) in [5, 5.41) is 3.44. The maximum atomic E-state index is 5.08. The number of hydrogen-bond acceptors (Lipinski definition) is 3. The van der Waals surface area contributed by atoms with Crippen molar-refractivity contribution in [2.75, 3.05) is 25.6 Å². The summed E-state index contributed by atoms with van der Waals surface area (Å²) < 4.78 is 7.42. The maximum absolute atomic E-state index is 5.08. The fourth-order valence-corrected chi connectivity index (χ4v) is 2.98. The molecule has 0 saturated heterocycles. The molecule has 1 N–H and O–H groups in total. The number of methoxy groups -OCH3 is 1. The van der Waals surface area contributed by atoms with Crippen molar-refractivity contribution in [2.24, 2.45) is 5.41 Å². The molecule has 0 amide bonds. The van der Waals surface area contributed by atoms with Gasteiger partial charge in [0.15, 0.2) is 0 Å². The summed E-state index contributed by atoms with van der Waals surface area (Å²) in [6.07, 6.45) is 7.01. The molecule has 2 rings (SSSR count). The second-order valence-corrected chi connectivity index (χ2v) is 6.45. The Labute approximate surface area is 116 Å². The Morgan fingerprint density at radius 3 is 2.95 bits per heavy atom. The smallest absolute Gasteiger partial charge is 0.203 e. The summed E-state index contributed by atoms with van der Waals surface area (Å²) in [6.45, 7) is 8.51. The third-order valence-corrected chi connectivity index (χ3v) is 4.00. The molecule has 1 atom stereocenters. The molecule has 108 valence electrons. The average Bonchev–Trinajstić information content (AvgIpc) is 2.88. The molecule has 1 aliphatic carbocycles. The predicted octanol–water partition coefficient (Wildman–Crippen LogP) is 3.39. The summed E-state index contributed by atoms with van der Waals surface area (Å²) in [5.74, 6) is 1.02. The van der Waals surface area contributed by atoms with Gasteiger partial charge in [-0.1, -0.05) is 13.8 Å². The summed E-state index contributed by atoms with van der Waals surface area (Å²) in [5.41, 5.74) is 1.56. The Kier molecular flexibility index (Phi) is 4.50. The van der Waals surface area contributed by atoms with E-state index in [1.54, 1.807) is 7.11 Å². The van der Waals surface area contributed by atoms with Crippen LogP contribution < -0.4 is 5.32 Å². The minimum absolute atomic E-state index is 0.468. The molecule has 4 nitrogen and oxygen atoms in total. The van der Waals surface area contributed by atoms with Crippen LogP contribution in [0, 0.1) is 12.3 Å². The Bertz CT molecular complexity index is 412. The fraction of sp³-hybridized carbons (Fsp3) is 0.800. The van der Waals surface area contributed by atoms with Crippen molar-refractivity contribution in [3.8, 4) is 0 Å². The number of ether oxygens (including phenoxy) is 1. The van der Waals surface area contributed by atoms with Crippen molar-refractivity contribution in [3.05, 3.63) is 11.9 Å². The van der Waals surface area contributed by atoms with Crippen molar-refractivity contribution >= 4 is 5.95 Å². The topological polar surface area (TPSA) is 39.1 Å². The van der Waals surface area contributed by atoms with Crippen molar-refractivity contribution in [1.82, 2.24) is 9.55 Å². The van der Waals surface area contributed by atoms with Gasteiger partial charge in [-0.25, -0.2) is 4.98 Å². The first-order valence-corrected chi connectivity index (χ1v) is 7.30. The summed E-state index contributed by atoms with van der Waals surface area (Å²) in [7, 11) is 1.74. The Hall–Kier alpha value is -1.03. The van der Waals surface area contributed by atoms with Gasteiger partial charge in [0.25, 0.3) is 0 Å². The molecule has 1 fully saturated rings. The molecule has 0 aromatic carbocycles. The van der Waals surface area contributed by atoms with E-state index in [-0.39, 0.29) is 0 Å². The highest BCUT2D eigenvalue weighted by Crippen LogP contribution is 2.44. The van der Waals surface area contributed by atoms with E-state index in [1.165, 1.54) is 19.3 Å². The van der Waals surface area contributed by atoms with Crippen LogP contribution in [0.1, 0.15) is 51.3 Å². The maximum Gasteiger partial charge on any atom is 0.203 e. The van der Waals surface area contributed by atoms with Crippen LogP contribution in [0.5, 0.6) is 0 Å². The van der Waals surface area contributed by atoms with Gasteiger partial charge < -0.3 is 14.6 Å². The average molecular weight is 265 g/mol. The quantitative estimate of drug-likeness (QED) is 0.801. The minimum atomic E-state index is 0.468. The standard InChI is InChI=1S/C15H27N3O/c1-12-11-18(13-6-7-15(2,3)10-13)14(17-12)16-8-5-9-19-4/h11,13H,5-10H2,1-4H3,(H,16,17). The molecule has 1 aliphatic rings. The Morgan fingerprint density at radius 2 is 2.32 bits per heavy atom. The number of hydrogen-bond donors (Lipinski definition) is 1. The van der Waals surface area contributed by atoms with Crippen LogP contribution in [0.3, 0.4) is 0 Å². The Balaban J connectivity index is 2.00. The van der Waals surface area contributed by atoms with E-state index in [0.717, 1.165) is 31.2 Å². The largest absolute Gasteiger partial charge is 0.385 e. The molecule has 1 heterocycles. The summed E-state index contributed by atoms with van der Waals surface area (Å²) in [4.78, 5) is 4.61. The van der Waals surface area contributed by atoms with E-state index in [9.17, 15) is 0 Å². The van der Waals surface area contributed by atoms with Gasteiger partial charge in [0.1, 0.15) is 0 Å². The zero-order chi connectivity index (χ0) is 13.9. The zero-order valence-corrected chi connectivity index (χ0v) is 12.7. The van der Waals surface area contributed by atoms with Gasteiger partial charge in [0.2, 0.25) is 5.95 Å². The van der Waals surface area contributed by atoms with Gasteiger partial charge in [-0.15, -0.1) is 0 Å². The molecule has 1 aromatic heterocycles. The second kappa shape index (κ2) is 5.95. The lowest BCUT2D eigenvalue weighted by Crippen LogP contribution is -2.14. The van der Waals surface area contributed by atoms with Gasteiger partial charge in [0.05, 0.1) is 5.69 Å². The monoisotopic (exact) mass is 265 g/mol. The molecule has 19 heavy (non-hydrogen) atoms. The second-order valence-electron chi connectivity index (χ2n) is 6.45. The van der Waals surface area contributed by atoms with Crippen molar-refractivity contribution in [1.29, 1.82) is 0 Å². The molecule has 0 radical (unpaired) electrons. The highest BCUT2D eigenvalue weighted by Gasteiger charge is 2.32. The molecule has 0 aliphatic heterocycles. The molecule has 1 saturated carbocycles. The minimum Gasteiger partial charge on any atom is -0.385 e. The SMILES string of the molecule is COCCCNc1nc(C)cn1C1CCC(C)(C)C1. The number of nitrogens with one attached hydrogen (secondary N) is 1. The predicted molar refractivity (Wildman–Crippen MR) is 78.6 cm³/mol. The van der Waals surface area contributed by atoms with Crippen molar-refractivity contribution < 1.29 is 4.74 Å². The van der Waals surface area contributed by atoms with Crippen LogP contribution in [-0.4, -0.2) is 29.8 Å². The van der Waals surface area contributed by atoms with E-state index in [2.05, 4.69) is 41.8 Å². The highest BCUT2D eigenvalue weighted by molar-refractivity contribution is 5.29. The van der Waals surface area contributed by atoms with Gasteiger partial charge in [-0.2, -0.15) is 0 Å². The molecule has 4 heteroatoms. The normalized spacial score (nSPS) is 21.8. The van der Waals surface area contributed by atoms with E-state index in [0.29, 0.717) is 11.5 Å². The molecule has 1 aromatic rings. The first kappa shape index (κ1) is 14.4. The fourth-order valence-electron chi connectivity index (χ4n) is 2.98. The van der Waals surface area contributed by atoms with Gasteiger partial charge >= 0.3 is 0 Å². The van der Waals surface area contributed by atoms with Crippen molar-refractivity contribution in [2.45, 2.75) is 52.5 Å². The Morgan fingerprint density at radius 1 is 1.53 bits per heavy atom. The van der Waals surface area contributed by atoms with Crippen LogP contribution in [0.2, 0.25) is 0 Å². The zero-order valence-electron chi connectivity index (χ0n) is 12.7. The third kappa shape index (κ3) is 3.72. The van der Waals surface area contributed by atoms with E-state index < -0.39 is 0 Å². The van der Waals surface area contributed by atoms with E-state index >= 15 is 0 Å². The van der Waals surface area contributed by atoms with E-state index in [4.69, 9.17) is 4.74 Å². The lowest BCUT2D eigenvalue weighted by molar-refractivity contribution is 0.197.